The average Bonchev–Trinajstić information content (AvgIpc) is 3.13. The van der Waals surface area contributed by atoms with Crippen LogP contribution in [-0.4, -0.2) is 38.9 Å². The first-order valence-corrected chi connectivity index (χ1v) is 24.3. The van der Waals surface area contributed by atoms with Crippen molar-refractivity contribution in [3.05, 3.63) is 111 Å². The molecule has 0 aromatic heterocycles. The second-order valence-electron chi connectivity index (χ2n) is 14.0. The molecule has 4 nitrogen and oxygen atoms in total. The average molecular weight is 759 g/mol. The maximum absolute atomic E-state index is 6.77. The van der Waals surface area contributed by atoms with Gasteiger partial charge >= 0.3 is 0 Å². The molecular formula is C45H59O4PS2. The lowest BCUT2D eigenvalue weighted by Crippen LogP contribution is -2.12. The first-order chi connectivity index (χ1) is 25.3. The summed E-state index contributed by atoms with van der Waals surface area (Å²) in [6.45, 7) is 16.0. The number of para-hydroxylation sites is 2. The molecule has 4 aromatic rings. The topological polar surface area (TPSA) is 36.9 Å². The van der Waals surface area contributed by atoms with Gasteiger partial charge in [0.05, 0.1) is 26.4 Å². The minimum Gasteiger partial charge on any atom is -0.493 e. The van der Waals surface area contributed by atoms with Crippen LogP contribution in [0.5, 0.6) is 23.0 Å². The fraction of sp³-hybridized carbons (Fsp3) is 0.467. The van der Waals surface area contributed by atoms with Crippen LogP contribution in [0.15, 0.2) is 60.7 Å². The zero-order chi connectivity index (χ0) is 37.0. The van der Waals surface area contributed by atoms with E-state index in [2.05, 4.69) is 115 Å². The van der Waals surface area contributed by atoms with Crippen LogP contribution in [0.4, 0.5) is 0 Å². The maximum Gasteiger partial charge on any atom is 0.126 e. The SMILES string of the molecule is CCCOc1c2cccc1Cc1cc(P(SC)SC)cc(c1OCCC)Cc1cccc(c1OCCC)Cc1cc(C(C)C)cc(c1OCCC)C2. The van der Waals surface area contributed by atoms with Crippen LogP contribution < -0.4 is 24.3 Å². The fourth-order valence-electron chi connectivity index (χ4n) is 6.98. The second-order valence-corrected chi connectivity index (χ2v) is 20.8. The van der Waals surface area contributed by atoms with Crippen molar-refractivity contribution in [3.8, 4) is 23.0 Å². The van der Waals surface area contributed by atoms with Crippen LogP contribution >= 0.6 is 29.1 Å². The minimum absolute atomic E-state index is 0.376. The van der Waals surface area contributed by atoms with E-state index in [1.807, 2.05) is 22.8 Å². The summed E-state index contributed by atoms with van der Waals surface area (Å²) in [4.78, 5) is 0. The molecule has 7 heteroatoms. The fourth-order valence-corrected chi connectivity index (χ4v) is 11.8. The van der Waals surface area contributed by atoms with Crippen molar-refractivity contribution in [2.45, 2.75) is 98.8 Å². The van der Waals surface area contributed by atoms with Gasteiger partial charge in [-0.3, -0.25) is 0 Å². The third kappa shape index (κ3) is 9.84. The van der Waals surface area contributed by atoms with Gasteiger partial charge in [-0.1, -0.05) is 90.1 Å². The van der Waals surface area contributed by atoms with Crippen molar-refractivity contribution in [3.63, 3.8) is 0 Å². The molecule has 1 aliphatic rings. The lowest BCUT2D eigenvalue weighted by Gasteiger charge is -2.24. The van der Waals surface area contributed by atoms with Gasteiger partial charge in [-0.05, 0) is 112 Å². The molecule has 0 saturated carbocycles. The molecule has 8 bridgehead atoms. The molecule has 5 rings (SSSR count). The Labute approximate surface area is 323 Å². The predicted molar refractivity (Wildman–Crippen MR) is 228 cm³/mol. The van der Waals surface area contributed by atoms with Crippen molar-refractivity contribution in [1.82, 2.24) is 0 Å². The summed E-state index contributed by atoms with van der Waals surface area (Å²) in [5.41, 5.74) is 11.0. The highest BCUT2D eigenvalue weighted by Crippen LogP contribution is 2.57. The van der Waals surface area contributed by atoms with E-state index in [1.54, 1.807) is 0 Å². The number of fused-ring (bicyclic) bond motifs is 8. The smallest absolute Gasteiger partial charge is 0.126 e. The Morgan fingerprint density at radius 3 is 1.10 bits per heavy atom. The van der Waals surface area contributed by atoms with Crippen LogP contribution in [0, 0.1) is 0 Å². The monoisotopic (exact) mass is 758 g/mol. The highest BCUT2D eigenvalue weighted by atomic mass is 33.1. The van der Waals surface area contributed by atoms with E-state index in [9.17, 15) is 0 Å². The van der Waals surface area contributed by atoms with Crippen molar-refractivity contribution in [2.24, 2.45) is 0 Å². The first-order valence-electron chi connectivity index (χ1n) is 19.3. The maximum atomic E-state index is 6.77. The normalized spacial score (nSPS) is 12.7. The summed E-state index contributed by atoms with van der Waals surface area (Å²) in [6.07, 6.45) is 10.7. The van der Waals surface area contributed by atoms with Crippen molar-refractivity contribution in [2.75, 3.05) is 38.9 Å². The van der Waals surface area contributed by atoms with E-state index in [-0.39, 0.29) is 0 Å². The number of rotatable bonds is 16. The Morgan fingerprint density at radius 1 is 0.500 bits per heavy atom. The Bertz CT molecular complexity index is 1660. The van der Waals surface area contributed by atoms with E-state index < -0.39 is 6.33 Å². The minimum atomic E-state index is -0.450. The third-order valence-corrected chi connectivity index (χ3v) is 16.7. The van der Waals surface area contributed by atoms with Gasteiger partial charge in [0.1, 0.15) is 23.0 Å². The third-order valence-electron chi connectivity index (χ3n) is 9.38. The molecule has 0 heterocycles. The van der Waals surface area contributed by atoms with Gasteiger partial charge in [-0.25, -0.2) is 0 Å². The quantitative estimate of drug-likeness (QED) is 0.0933. The van der Waals surface area contributed by atoms with Gasteiger partial charge in [0, 0.05) is 32.0 Å². The van der Waals surface area contributed by atoms with Gasteiger partial charge in [0.25, 0.3) is 0 Å². The van der Waals surface area contributed by atoms with Gasteiger partial charge in [-0.2, -0.15) is 0 Å². The van der Waals surface area contributed by atoms with Crippen LogP contribution in [0.1, 0.15) is 123 Å². The zero-order valence-electron chi connectivity index (χ0n) is 32.7. The summed E-state index contributed by atoms with van der Waals surface area (Å²) in [6, 6.07) is 23.0. The Balaban J connectivity index is 1.85. The van der Waals surface area contributed by atoms with Gasteiger partial charge < -0.3 is 18.9 Å². The number of hydrogen-bond donors (Lipinski definition) is 0. The second kappa shape index (κ2) is 20.0. The number of hydrogen-bond acceptors (Lipinski definition) is 6. The molecule has 52 heavy (non-hydrogen) atoms. The number of ether oxygens (including phenoxy) is 4. The number of benzene rings is 4. The molecule has 0 amide bonds. The molecule has 0 aliphatic heterocycles. The van der Waals surface area contributed by atoms with Crippen LogP contribution in [0.3, 0.4) is 0 Å². The first kappa shape index (κ1) is 40.4. The Kier molecular flexibility index (Phi) is 15.6. The summed E-state index contributed by atoms with van der Waals surface area (Å²) in [7, 11) is 0. The standard InChI is InChI=1S/C45H59O4PS2/c1-9-19-46-42-32-15-13-17-34(42)25-39-29-41(50(51-7)52-8)30-40(45(39)49-22-12-4)26-35-18-14-16-33(43(35)47-20-10-2)24-38-28-36(31(5)6)27-37(23-32)44(38)48-21-11-3/h13-18,27-31H,9-12,19-26H2,1-8H3. The van der Waals surface area contributed by atoms with E-state index in [1.165, 1.54) is 55.4 Å². The molecular weight excluding hydrogens is 700 g/mol. The van der Waals surface area contributed by atoms with Crippen LogP contribution in [0.25, 0.3) is 0 Å². The molecule has 1 aliphatic carbocycles. The van der Waals surface area contributed by atoms with Gasteiger partial charge in [-0.15, -0.1) is 22.8 Å². The molecule has 0 unspecified atom stereocenters. The molecule has 0 N–H and O–H groups in total. The largest absolute Gasteiger partial charge is 0.493 e. The van der Waals surface area contributed by atoms with Crippen molar-refractivity contribution in [1.29, 1.82) is 0 Å². The van der Waals surface area contributed by atoms with E-state index in [4.69, 9.17) is 18.9 Å². The van der Waals surface area contributed by atoms with Crippen molar-refractivity contribution < 1.29 is 18.9 Å². The van der Waals surface area contributed by atoms with E-state index >= 15 is 0 Å². The summed E-state index contributed by atoms with van der Waals surface area (Å²) >= 11 is 3.91. The van der Waals surface area contributed by atoms with Crippen molar-refractivity contribution >= 4 is 34.4 Å². The van der Waals surface area contributed by atoms with Crippen LogP contribution in [0.2, 0.25) is 0 Å². The molecule has 4 aromatic carbocycles. The molecule has 280 valence electrons. The zero-order valence-corrected chi connectivity index (χ0v) is 35.3. The summed E-state index contributed by atoms with van der Waals surface area (Å²) in [5, 5.41) is 1.39. The molecule has 0 atom stereocenters. The molecule has 0 saturated heterocycles. The van der Waals surface area contributed by atoms with Gasteiger partial charge in [0.15, 0.2) is 0 Å². The van der Waals surface area contributed by atoms with E-state index in [0.717, 1.165) is 74.4 Å². The highest BCUT2D eigenvalue weighted by Gasteiger charge is 2.24. The molecule has 0 radical (unpaired) electrons. The predicted octanol–water partition coefficient (Wildman–Crippen LogP) is 12.3. The van der Waals surface area contributed by atoms with Gasteiger partial charge in [0.2, 0.25) is 0 Å². The Hall–Kier alpha value is -2.79. The lowest BCUT2D eigenvalue weighted by molar-refractivity contribution is 0.304. The lowest BCUT2D eigenvalue weighted by atomic mass is 9.88. The highest BCUT2D eigenvalue weighted by molar-refractivity contribution is 8.89. The summed E-state index contributed by atoms with van der Waals surface area (Å²) < 4.78 is 27.0. The van der Waals surface area contributed by atoms with E-state index in [0.29, 0.717) is 32.3 Å². The molecule has 0 spiro atoms. The molecule has 0 fully saturated rings. The summed E-state index contributed by atoms with van der Waals surface area (Å²) in [5.74, 6) is 4.39. The van der Waals surface area contributed by atoms with Crippen LogP contribution in [-0.2, 0) is 25.7 Å². The Morgan fingerprint density at radius 2 is 0.808 bits per heavy atom.